The molecule has 1 aromatic heterocycles. The van der Waals surface area contributed by atoms with Crippen LogP contribution in [0.15, 0.2) is 28.0 Å². The largest absolute Gasteiger partial charge is 0.424 e. The van der Waals surface area contributed by atoms with Crippen LogP contribution in [0.25, 0.3) is 0 Å². The topological polar surface area (TPSA) is 73.1 Å². The van der Waals surface area contributed by atoms with Gasteiger partial charge in [-0.1, -0.05) is 31.4 Å². The van der Waals surface area contributed by atoms with Crippen LogP contribution in [0.4, 0.5) is 15.9 Å². The van der Waals surface area contributed by atoms with Gasteiger partial charge in [0.05, 0.1) is 10.9 Å². The molecule has 1 aliphatic heterocycles. The van der Waals surface area contributed by atoms with Gasteiger partial charge in [-0.25, -0.2) is 4.39 Å². The molecule has 6 nitrogen and oxygen atoms in total. The highest BCUT2D eigenvalue weighted by atomic mass is 35.5. The van der Waals surface area contributed by atoms with Crippen LogP contribution in [0, 0.1) is 11.7 Å². The fourth-order valence-corrected chi connectivity index (χ4v) is 3.84. The Hall–Kier alpha value is -2.25. The summed E-state index contributed by atoms with van der Waals surface area (Å²) in [5.74, 6) is 1.51. The van der Waals surface area contributed by atoms with E-state index < -0.39 is 5.82 Å². The Morgan fingerprint density at radius 2 is 2.15 bits per heavy atom. The van der Waals surface area contributed by atoms with Crippen LogP contribution in [0.1, 0.15) is 39.0 Å². The van der Waals surface area contributed by atoms with Gasteiger partial charge in [0.25, 0.3) is 0 Å². The molecule has 1 aliphatic carbocycles. The lowest BCUT2D eigenvalue weighted by atomic mass is 10.1. The van der Waals surface area contributed by atoms with Crippen LogP contribution in [-0.4, -0.2) is 15.4 Å². The van der Waals surface area contributed by atoms with Crippen molar-refractivity contribution >= 4 is 28.9 Å². The van der Waals surface area contributed by atoms with Gasteiger partial charge >= 0.3 is 11.6 Å². The van der Waals surface area contributed by atoms with Crippen molar-refractivity contribution < 1.29 is 14.4 Å². The summed E-state index contributed by atoms with van der Waals surface area (Å²) in [6, 6.07) is 3.96. The maximum atomic E-state index is 13.3. The Bertz CT molecular complexity index is 967. The van der Waals surface area contributed by atoms with E-state index in [0.29, 0.717) is 24.0 Å². The summed E-state index contributed by atoms with van der Waals surface area (Å²) in [5.41, 5.74) is 0.342. The van der Waals surface area contributed by atoms with Gasteiger partial charge in [-0.15, -0.1) is 0 Å². The van der Waals surface area contributed by atoms with Crippen LogP contribution in [0.5, 0.6) is 11.8 Å². The number of aromatic nitrogens is 2. The van der Waals surface area contributed by atoms with E-state index in [0.717, 1.165) is 31.2 Å². The molecule has 27 heavy (non-hydrogen) atoms. The standard InChI is InChI=1S/C19H20ClFN4O2/c1-2-9-25-18(26)15-17(23-16(22-15)11-5-3-4-6-11)24-19(25)27-14-8-7-12(21)10-13(14)20/h7-8,10-11H,2-6,9H2,1H3,(H,22,23)/p+1. The van der Waals surface area contributed by atoms with Crippen molar-refractivity contribution in [3.63, 3.8) is 0 Å². The quantitative estimate of drug-likeness (QED) is 0.845. The number of aliphatic imine (C=N–C) groups is 1. The van der Waals surface area contributed by atoms with Crippen molar-refractivity contribution in [1.82, 2.24) is 9.55 Å². The number of benzene rings is 1. The average molecular weight is 392 g/mol. The summed E-state index contributed by atoms with van der Waals surface area (Å²) in [6.07, 6.45) is 5.32. The monoisotopic (exact) mass is 391 g/mol. The Morgan fingerprint density at radius 1 is 1.37 bits per heavy atom. The first-order valence-corrected chi connectivity index (χ1v) is 9.65. The second-order valence-corrected chi connectivity index (χ2v) is 7.33. The van der Waals surface area contributed by atoms with Crippen LogP contribution in [0.2, 0.25) is 5.02 Å². The van der Waals surface area contributed by atoms with Crippen LogP contribution < -0.4 is 15.6 Å². The van der Waals surface area contributed by atoms with Gasteiger partial charge in [0.1, 0.15) is 11.6 Å². The molecule has 2 aromatic rings. The predicted octanol–water partition coefficient (Wildman–Crippen LogP) is 3.67. The number of amidine groups is 1. The first kappa shape index (κ1) is 18.1. The lowest BCUT2D eigenvalue weighted by molar-refractivity contribution is -0.445. The zero-order chi connectivity index (χ0) is 19.0. The van der Waals surface area contributed by atoms with Crippen molar-refractivity contribution in [3.8, 4) is 11.8 Å². The summed E-state index contributed by atoms with van der Waals surface area (Å²) in [7, 11) is 0. The first-order valence-electron chi connectivity index (χ1n) is 9.28. The molecule has 0 radical (unpaired) electrons. The zero-order valence-corrected chi connectivity index (χ0v) is 15.8. The van der Waals surface area contributed by atoms with E-state index in [-0.39, 0.29) is 22.3 Å². The van der Waals surface area contributed by atoms with Gasteiger partial charge in [-0.05, 0) is 37.5 Å². The van der Waals surface area contributed by atoms with E-state index in [9.17, 15) is 9.18 Å². The summed E-state index contributed by atoms with van der Waals surface area (Å²) in [4.78, 5) is 22.1. The molecule has 1 fully saturated rings. The minimum atomic E-state index is -0.458. The fourth-order valence-electron chi connectivity index (χ4n) is 3.64. The molecule has 0 spiro atoms. The molecule has 2 aliphatic rings. The zero-order valence-electron chi connectivity index (χ0n) is 15.0. The summed E-state index contributed by atoms with van der Waals surface area (Å²) >= 11 is 6.06. The maximum absolute atomic E-state index is 13.3. The Morgan fingerprint density at radius 3 is 2.85 bits per heavy atom. The third-order valence-corrected chi connectivity index (χ3v) is 5.29. The lowest BCUT2D eigenvalue weighted by Crippen LogP contribution is -2.83. The van der Waals surface area contributed by atoms with Crippen molar-refractivity contribution in [2.24, 2.45) is 10.9 Å². The Labute approximate surface area is 161 Å². The Kier molecular flexibility index (Phi) is 4.97. The van der Waals surface area contributed by atoms with Gasteiger partial charge in [-0.2, -0.15) is 9.98 Å². The lowest BCUT2D eigenvalue weighted by Gasteiger charge is -2.13. The number of quaternary nitrogens is 1. The minimum Gasteiger partial charge on any atom is -0.424 e. The highest BCUT2D eigenvalue weighted by molar-refractivity contribution is 6.32. The molecule has 142 valence electrons. The Balaban J connectivity index is 1.73. The molecule has 0 unspecified atom stereocenters. The third-order valence-electron chi connectivity index (χ3n) is 4.99. The highest BCUT2D eigenvalue weighted by Gasteiger charge is 2.34. The molecule has 1 aromatic carbocycles. The van der Waals surface area contributed by atoms with E-state index in [1.165, 1.54) is 29.5 Å². The molecule has 2 N–H and O–H groups in total. The average Bonchev–Trinajstić information content (AvgIpc) is 3.30. The molecule has 4 rings (SSSR count). The second kappa shape index (κ2) is 7.40. The maximum Gasteiger partial charge on any atom is 0.320 e. The van der Waals surface area contributed by atoms with Gasteiger partial charge in [0, 0.05) is 6.54 Å². The SMILES string of the molecule is CCCn1c(Oc2ccc(F)cc2Cl)nc2c(c1=O)[NH2+]C(C1CCCC1)=N2. The molecular formula is C19H21ClFN4O2+. The van der Waals surface area contributed by atoms with Crippen LogP contribution >= 0.6 is 11.6 Å². The van der Waals surface area contributed by atoms with E-state index in [2.05, 4.69) is 9.98 Å². The van der Waals surface area contributed by atoms with E-state index in [4.69, 9.17) is 16.3 Å². The molecule has 8 heteroatoms. The van der Waals surface area contributed by atoms with Gasteiger partial charge in [0.2, 0.25) is 17.3 Å². The van der Waals surface area contributed by atoms with Crippen LogP contribution in [0.3, 0.4) is 0 Å². The number of hydrogen-bond acceptors (Lipinski definition) is 4. The smallest absolute Gasteiger partial charge is 0.320 e. The van der Waals surface area contributed by atoms with Gasteiger partial charge < -0.3 is 4.74 Å². The number of hydrogen-bond donors (Lipinski definition) is 1. The highest BCUT2D eigenvalue weighted by Crippen LogP contribution is 2.32. The number of fused-ring (bicyclic) bond motifs is 1. The number of rotatable bonds is 5. The van der Waals surface area contributed by atoms with E-state index in [1.807, 2.05) is 12.2 Å². The summed E-state index contributed by atoms with van der Waals surface area (Å²) in [5, 5.41) is 2.00. The van der Waals surface area contributed by atoms with E-state index >= 15 is 0 Å². The number of halogens is 2. The first-order chi connectivity index (χ1) is 13.1. The predicted molar refractivity (Wildman–Crippen MR) is 101 cm³/mol. The molecule has 0 bridgehead atoms. The number of nitrogens with zero attached hydrogens (tertiary/aromatic N) is 3. The van der Waals surface area contributed by atoms with Gasteiger partial charge in [-0.3, -0.25) is 14.7 Å². The number of ether oxygens (including phenoxy) is 1. The van der Waals surface area contributed by atoms with Crippen molar-refractivity contribution in [3.05, 3.63) is 39.4 Å². The molecule has 0 amide bonds. The summed E-state index contributed by atoms with van der Waals surface area (Å²) in [6.45, 7) is 2.43. The molecule has 0 atom stereocenters. The summed E-state index contributed by atoms with van der Waals surface area (Å²) < 4.78 is 20.6. The van der Waals surface area contributed by atoms with Crippen molar-refractivity contribution in [1.29, 1.82) is 0 Å². The van der Waals surface area contributed by atoms with Crippen LogP contribution in [-0.2, 0) is 6.54 Å². The normalized spacial score (nSPS) is 16.5. The molecule has 2 heterocycles. The van der Waals surface area contributed by atoms with Gasteiger partial charge in [0.15, 0.2) is 0 Å². The molecule has 1 saturated carbocycles. The third kappa shape index (κ3) is 3.49. The molecule has 0 saturated heterocycles. The van der Waals surface area contributed by atoms with Crippen molar-refractivity contribution in [2.45, 2.75) is 45.6 Å². The van der Waals surface area contributed by atoms with Crippen molar-refractivity contribution in [2.75, 3.05) is 0 Å². The molecular weight excluding hydrogens is 371 g/mol. The minimum absolute atomic E-state index is 0.120. The number of nitrogens with two attached hydrogens (primary N) is 1. The fraction of sp³-hybridized carbons (Fsp3) is 0.421. The van der Waals surface area contributed by atoms with E-state index in [1.54, 1.807) is 0 Å². The second-order valence-electron chi connectivity index (χ2n) is 6.93.